The summed E-state index contributed by atoms with van der Waals surface area (Å²) in [6.45, 7) is 5.49. The summed E-state index contributed by atoms with van der Waals surface area (Å²) >= 11 is 1.29. The summed E-state index contributed by atoms with van der Waals surface area (Å²) in [6, 6.07) is 7.32. The standard InChI is InChI=1S/C18H18N4O3S/c1-3-8-26-18-21-15-14(17(25)22-18)11(9-13(23)20-15)16(24)19-12-7-5-4-6-10(12)2/h3-7,11H,1,8-9H2,2H3,(H,19,24)(H2,20,21,22,23,25)/t11-/m1/s1. The van der Waals surface area contributed by atoms with Crippen molar-refractivity contribution in [2.75, 3.05) is 16.4 Å². The summed E-state index contributed by atoms with van der Waals surface area (Å²) in [5, 5.41) is 5.76. The maximum Gasteiger partial charge on any atom is 0.257 e. The van der Waals surface area contributed by atoms with Gasteiger partial charge in [0.1, 0.15) is 5.82 Å². The molecule has 26 heavy (non-hydrogen) atoms. The third-order valence-corrected chi connectivity index (χ3v) is 4.86. The van der Waals surface area contributed by atoms with Crippen LogP contribution < -0.4 is 16.2 Å². The first kappa shape index (κ1) is 17.9. The number of carbonyl (C=O) groups is 2. The van der Waals surface area contributed by atoms with Crippen LogP contribution >= 0.6 is 11.8 Å². The third kappa shape index (κ3) is 3.70. The summed E-state index contributed by atoms with van der Waals surface area (Å²) in [5.41, 5.74) is 1.29. The summed E-state index contributed by atoms with van der Waals surface area (Å²) in [6.07, 6.45) is 1.58. The van der Waals surface area contributed by atoms with Crippen molar-refractivity contribution in [3.8, 4) is 0 Å². The summed E-state index contributed by atoms with van der Waals surface area (Å²) in [4.78, 5) is 44.2. The molecule has 0 aliphatic carbocycles. The Morgan fingerprint density at radius 1 is 1.42 bits per heavy atom. The highest BCUT2D eigenvalue weighted by atomic mass is 32.2. The van der Waals surface area contributed by atoms with Crippen LogP contribution in [0.3, 0.4) is 0 Å². The van der Waals surface area contributed by atoms with Gasteiger partial charge in [0.15, 0.2) is 5.16 Å². The van der Waals surface area contributed by atoms with Crippen LogP contribution in [-0.4, -0.2) is 27.5 Å². The second-order valence-electron chi connectivity index (χ2n) is 5.84. The van der Waals surface area contributed by atoms with E-state index in [1.807, 2.05) is 25.1 Å². The highest BCUT2D eigenvalue weighted by Gasteiger charge is 2.34. The van der Waals surface area contributed by atoms with Gasteiger partial charge in [-0.15, -0.1) is 6.58 Å². The number of fused-ring (bicyclic) bond motifs is 1. The second-order valence-corrected chi connectivity index (χ2v) is 6.85. The van der Waals surface area contributed by atoms with Crippen LogP contribution in [-0.2, 0) is 9.59 Å². The molecule has 1 aromatic carbocycles. The van der Waals surface area contributed by atoms with Gasteiger partial charge in [0.2, 0.25) is 11.8 Å². The number of amides is 2. The van der Waals surface area contributed by atoms with E-state index in [2.05, 4.69) is 27.2 Å². The van der Waals surface area contributed by atoms with Crippen molar-refractivity contribution in [1.82, 2.24) is 9.97 Å². The van der Waals surface area contributed by atoms with Crippen molar-refractivity contribution < 1.29 is 9.59 Å². The van der Waals surface area contributed by atoms with Gasteiger partial charge in [0.05, 0.1) is 11.5 Å². The van der Waals surface area contributed by atoms with Crippen molar-refractivity contribution in [3.63, 3.8) is 0 Å². The topological polar surface area (TPSA) is 104 Å². The average molecular weight is 370 g/mol. The molecule has 0 saturated heterocycles. The van der Waals surface area contributed by atoms with Crippen molar-refractivity contribution in [3.05, 3.63) is 58.4 Å². The van der Waals surface area contributed by atoms with Crippen LogP contribution in [0.4, 0.5) is 11.5 Å². The molecule has 3 N–H and O–H groups in total. The van der Waals surface area contributed by atoms with Gasteiger partial charge in [0, 0.05) is 17.9 Å². The quantitative estimate of drug-likeness (QED) is 0.426. The van der Waals surface area contributed by atoms with Crippen molar-refractivity contribution >= 4 is 35.1 Å². The van der Waals surface area contributed by atoms with Gasteiger partial charge in [0.25, 0.3) is 5.56 Å². The second kappa shape index (κ2) is 7.57. The van der Waals surface area contributed by atoms with Crippen LogP contribution in [0.1, 0.15) is 23.5 Å². The van der Waals surface area contributed by atoms with E-state index in [0.717, 1.165) is 5.56 Å². The van der Waals surface area contributed by atoms with Crippen molar-refractivity contribution in [2.24, 2.45) is 0 Å². The normalized spacial score (nSPS) is 15.7. The molecule has 8 heteroatoms. The fraction of sp³-hybridized carbons (Fsp3) is 0.222. The Labute approximate surface area is 154 Å². The molecule has 3 rings (SSSR count). The van der Waals surface area contributed by atoms with Gasteiger partial charge in [-0.2, -0.15) is 0 Å². The zero-order valence-electron chi connectivity index (χ0n) is 14.2. The SMILES string of the molecule is C=CCSc1nc2c(c(=O)[nH]1)[C@H](C(=O)Nc1ccccc1C)CC(=O)N2. The molecule has 1 aliphatic heterocycles. The van der Waals surface area contributed by atoms with Gasteiger partial charge >= 0.3 is 0 Å². The van der Waals surface area contributed by atoms with Gasteiger partial charge in [-0.25, -0.2) is 4.98 Å². The van der Waals surface area contributed by atoms with Gasteiger partial charge in [-0.1, -0.05) is 36.0 Å². The van der Waals surface area contributed by atoms with E-state index in [4.69, 9.17) is 0 Å². The van der Waals surface area contributed by atoms with Gasteiger partial charge < -0.3 is 15.6 Å². The lowest BCUT2D eigenvalue weighted by molar-refractivity contribution is -0.123. The first-order chi connectivity index (χ1) is 12.5. The fourth-order valence-corrected chi connectivity index (χ4v) is 3.31. The number of carbonyl (C=O) groups excluding carboxylic acids is 2. The van der Waals surface area contributed by atoms with E-state index >= 15 is 0 Å². The summed E-state index contributed by atoms with van der Waals surface area (Å²) in [7, 11) is 0. The maximum atomic E-state index is 12.7. The predicted molar refractivity (Wildman–Crippen MR) is 102 cm³/mol. The Morgan fingerprint density at radius 3 is 2.92 bits per heavy atom. The molecule has 0 radical (unpaired) electrons. The number of aryl methyl sites for hydroxylation is 1. The number of hydrogen-bond acceptors (Lipinski definition) is 5. The number of rotatable bonds is 5. The van der Waals surface area contributed by atoms with Crippen molar-refractivity contribution in [2.45, 2.75) is 24.4 Å². The summed E-state index contributed by atoms with van der Waals surface area (Å²) in [5.74, 6) is -0.948. The molecule has 0 fully saturated rings. The monoisotopic (exact) mass is 370 g/mol. The molecule has 1 aliphatic rings. The Balaban J connectivity index is 1.94. The zero-order chi connectivity index (χ0) is 18.7. The van der Waals surface area contributed by atoms with Crippen LogP contribution in [0.5, 0.6) is 0 Å². The van der Waals surface area contributed by atoms with Crippen LogP contribution in [0.25, 0.3) is 0 Å². The summed E-state index contributed by atoms with van der Waals surface area (Å²) < 4.78 is 0. The molecule has 2 amide bonds. The molecule has 134 valence electrons. The highest BCUT2D eigenvalue weighted by molar-refractivity contribution is 7.99. The van der Waals surface area contributed by atoms with E-state index in [-0.39, 0.29) is 23.7 Å². The zero-order valence-corrected chi connectivity index (χ0v) is 15.0. The van der Waals surface area contributed by atoms with E-state index in [0.29, 0.717) is 16.6 Å². The maximum absolute atomic E-state index is 12.7. The molecule has 1 aromatic heterocycles. The number of nitrogens with zero attached hydrogens (tertiary/aromatic N) is 1. The molecule has 0 bridgehead atoms. The Bertz CT molecular complexity index is 938. The predicted octanol–water partition coefficient (Wildman–Crippen LogP) is 2.42. The van der Waals surface area contributed by atoms with Gasteiger partial charge in [-0.3, -0.25) is 14.4 Å². The fourth-order valence-electron chi connectivity index (χ4n) is 2.71. The molecule has 0 spiro atoms. The molecule has 2 heterocycles. The Morgan fingerprint density at radius 2 is 2.19 bits per heavy atom. The molecular weight excluding hydrogens is 352 g/mol. The number of thioether (sulfide) groups is 1. The van der Waals surface area contributed by atoms with E-state index < -0.39 is 17.4 Å². The molecular formula is C18H18N4O3S. The van der Waals surface area contributed by atoms with Crippen LogP contribution in [0.2, 0.25) is 0 Å². The lowest BCUT2D eigenvalue weighted by Crippen LogP contribution is -2.36. The third-order valence-electron chi connectivity index (χ3n) is 3.99. The average Bonchev–Trinajstić information content (AvgIpc) is 2.60. The number of H-pyrrole nitrogens is 1. The first-order valence-corrected chi connectivity index (χ1v) is 9.02. The lowest BCUT2D eigenvalue weighted by atomic mass is 9.92. The van der Waals surface area contributed by atoms with E-state index in [1.54, 1.807) is 12.1 Å². The number of hydrogen-bond donors (Lipinski definition) is 3. The Hall–Kier alpha value is -2.87. The number of aromatic nitrogens is 2. The number of nitrogens with one attached hydrogen (secondary N) is 3. The molecule has 0 unspecified atom stereocenters. The number of benzene rings is 1. The van der Waals surface area contributed by atoms with Crippen LogP contribution in [0.15, 0.2) is 46.9 Å². The molecule has 2 aromatic rings. The smallest absolute Gasteiger partial charge is 0.257 e. The number of aromatic amines is 1. The minimum Gasteiger partial charge on any atom is -0.325 e. The highest BCUT2D eigenvalue weighted by Crippen LogP contribution is 2.30. The first-order valence-electron chi connectivity index (χ1n) is 8.04. The lowest BCUT2D eigenvalue weighted by Gasteiger charge is -2.23. The number of anilines is 2. The van der Waals surface area contributed by atoms with E-state index in [1.165, 1.54) is 11.8 Å². The molecule has 0 saturated carbocycles. The minimum absolute atomic E-state index is 0.103. The molecule has 1 atom stereocenters. The van der Waals surface area contributed by atoms with E-state index in [9.17, 15) is 14.4 Å². The largest absolute Gasteiger partial charge is 0.325 e. The molecule has 7 nitrogen and oxygen atoms in total. The van der Waals surface area contributed by atoms with Crippen molar-refractivity contribution in [1.29, 1.82) is 0 Å². The Kier molecular flexibility index (Phi) is 5.22. The van der Waals surface area contributed by atoms with Gasteiger partial charge in [-0.05, 0) is 18.6 Å². The minimum atomic E-state index is -0.895. The number of para-hydroxylation sites is 1. The van der Waals surface area contributed by atoms with Crippen LogP contribution in [0, 0.1) is 6.92 Å².